The lowest BCUT2D eigenvalue weighted by Crippen LogP contribution is -2.59. The van der Waals surface area contributed by atoms with Crippen LogP contribution in [0, 0.1) is 0 Å². The third-order valence-corrected chi connectivity index (χ3v) is 12.5. The maximum absolute atomic E-state index is 6.92. The largest absolute Gasteiger partial charge is 0.458 e. The van der Waals surface area contributed by atoms with Crippen molar-refractivity contribution in [3.05, 3.63) is 206 Å². The molecule has 0 unspecified atom stereocenters. The van der Waals surface area contributed by atoms with Gasteiger partial charge in [0.2, 0.25) is 0 Å². The van der Waals surface area contributed by atoms with E-state index in [0.29, 0.717) is 0 Å². The van der Waals surface area contributed by atoms with Gasteiger partial charge >= 0.3 is 0 Å². The van der Waals surface area contributed by atoms with Crippen LogP contribution < -0.4 is 26.0 Å². The molecule has 4 nitrogen and oxygen atoms in total. The van der Waals surface area contributed by atoms with Crippen LogP contribution in [0.4, 0.5) is 17.1 Å². The summed E-state index contributed by atoms with van der Waals surface area (Å²) < 4.78 is 11.7. The van der Waals surface area contributed by atoms with Crippen LogP contribution in [0.15, 0.2) is 206 Å². The van der Waals surface area contributed by atoms with Gasteiger partial charge in [0.25, 0.3) is 6.71 Å². The zero-order valence-electron chi connectivity index (χ0n) is 32.0. The first-order chi connectivity index (χ1) is 29.3. The number of ether oxygens (including phenoxy) is 1. The molecule has 0 amide bonds. The van der Waals surface area contributed by atoms with E-state index < -0.39 is 0 Å². The standard InChI is InChI=1S/C54H34BN3O/c1-3-15-37(16-4-1)56-46-23-11-7-19-40(46)42-31-35(27-29-48(42)56)36-28-30-49-43(32-36)41-20-8-12-24-47(41)58(49)39-33-51-54-53(34-39)59-52-26-14-10-22-45(52)55(54)44-21-9-13-25-50(44)57(51)38-17-5-2-6-18-38/h1-34H. The number of para-hydroxylation sites is 6. The van der Waals surface area contributed by atoms with Crippen LogP contribution in [0.25, 0.3) is 66.1 Å². The fourth-order valence-electron chi connectivity index (χ4n) is 10.1. The molecule has 13 rings (SSSR count). The van der Waals surface area contributed by atoms with Crippen LogP contribution in [0.1, 0.15) is 0 Å². The summed E-state index contributed by atoms with van der Waals surface area (Å²) in [6.45, 7) is 0.0509. The van der Waals surface area contributed by atoms with E-state index in [4.69, 9.17) is 4.74 Å². The molecule has 0 bridgehead atoms. The molecule has 0 saturated heterocycles. The van der Waals surface area contributed by atoms with Crippen LogP contribution in [-0.4, -0.2) is 15.8 Å². The van der Waals surface area contributed by atoms with Crippen LogP contribution >= 0.6 is 0 Å². The van der Waals surface area contributed by atoms with E-state index in [9.17, 15) is 0 Å². The first-order valence-electron chi connectivity index (χ1n) is 20.3. The predicted molar refractivity (Wildman–Crippen MR) is 246 cm³/mol. The Hall–Kier alpha value is -7.76. The second-order valence-corrected chi connectivity index (χ2v) is 15.7. The van der Waals surface area contributed by atoms with Crippen LogP contribution in [0.3, 0.4) is 0 Å². The summed E-state index contributed by atoms with van der Waals surface area (Å²) in [4.78, 5) is 2.42. The molecule has 0 saturated carbocycles. The molecule has 5 heteroatoms. The van der Waals surface area contributed by atoms with Gasteiger partial charge in [0.05, 0.1) is 27.8 Å². The fourth-order valence-corrected chi connectivity index (χ4v) is 10.1. The summed E-state index contributed by atoms with van der Waals surface area (Å²) in [6.07, 6.45) is 0. The summed E-state index contributed by atoms with van der Waals surface area (Å²) in [5, 5.41) is 4.93. The lowest BCUT2D eigenvalue weighted by Gasteiger charge is -2.40. The average Bonchev–Trinajstić information content (AvgIpc) is 3.81. The molecule has 11 aromatic rings. The minimum atomic E-state index is 0.0509. The predicted octanol–water partition coefficient (Wildman–Crippen LogP) is 12.0. The maximum atomic E-state index is 6.92. The minimum absolute atomic E-state index is 0.0509. The molecule has 4 heterocycles. The van der Waals surface area contributed by atoms with Crippen molar-refractivity contribution >= 4 is 83.8 Å². The number of nitrogens with zero attached hydrogens (tertiary/aromatic N) is 3. The summed E-state index contributed by atoms with van der Waals surface area (Å²) in [6, 6.07) is 74.8. The van der Waals surface area contributed by atoms with Crippen molar-refractivity contribution in [2.24, 2.45) is 0 Å². The van der Waals surface area contributed by atoms with Gasteiger partial charge in [-0.3, -0.25) is 0 Å². The highest BCUT2D eigenvalue weighted by Crippen LogP contribution is 2.44. The van der Waals surface area contributed by atoms with E-state index in [-0.39, 0.29) is 6.71 Å². The van der Waals surface area contributed by atoms with E-state index in [2.05, 4.69) is 220 Å². The van der Waals surface area contributed by atoms with Gasteiger partial charge < -0.3 is 18.8 Å². The molecule has 274 valence electrons. The highest BCUT2D eigenvalue weighted by Gasteiger charge is 2.42. The van der Waals surface area contributed by atoms with E-state index in [1.165, 1.54) is 71.5 Å². The molecule has 0 radical (unpaired) electrons. The summed E-state index contributed by atoms with van der Waals surface area (Å²) in [5.74, 6) is 1.80. The van der Waals surface area contributed by atoms with E-state index in [1.807, 2.05) is 0 Å². The van der Waals surface area contributed by atoms with E-state index in [0.717, 1.165) is 39.6 Å². The van der Waals surface area contributed by atoms with Gasteiger partial charge in [0.1, 0.15) is 11.5 Å². The van der Waals surface area contributed by atoms with Crippen LogP contribution in [0.5, 0.6) is 11.5 Å². The summed E-state index contributed by atoms with van der Waals surface area (Å²) in [7, 11) is 0. The van der Waals surface area contributed by atoms with E-state index in [1.54, 1.807) is 0 Å². The average molecular weight is 752 g/mol. The van der Waals surface area contributed by atoms with Gasteiger partial charge in [-0.25, -0.2) is 0 Å². The number of aromatic nitrogens is 2. The molecule has 0 fully saturated rings. The maximum Gasteiger partial charge on any atom is 0.256 e. The quantitative estimate of drug-likeness (QED) is 0.167. The molecular weight excluding hydrogens is 717 g/mol. The third-order valence-electron chi connectivity index (χ3n) is 12.5. The molecule has 0 N–H and O–H groups in total. The minimum Gasteiger partial charge on any atom is -0.458 e. The molecule has 2 aromatic heterocycles. The number of hydrogen-bond donors (Lipinski definition) is 0. The molecule has 59 heavy (non-hydrogen) atoms. The number of hydrogen-bond acceptors (Lipinski definition) is 2. The number of anilines is 3. The monoisotopic (exact) mass is 751 g/mol. The lowest BCUT2D eigenvalue weighted by atomic mass is 9.34. The third kappa shape index (κ3) is 4.67. The summed E-state index contributed by atoms with van der Waals surface area (Å²) in [5.41, 5.74) is 16.4. The molecule has 0 atom stereocenters. The van der Waals surface area contributed by atoms with E-state index >= 15 is 0 Å². The van der Waals surface area contributed by atoms with Crippen molar-refractivity contribution in [2.75, 3.05) is 4.90 Å². The second kappa shape index (κ2) is 12.4. The van der Waals surface area contributed by atoms with Gasteiger partial charge in [-0.05, 0) is 106 Å². The topological polar surface area (TPSA) is 22.3 Å². The van der Waals surface area contributed by atoms with Crippen molar-refractivity contribution in [3.63, 3.8) is 0 Å². The van der Waals surface area contributed by atoms with Gasteiger partial charge in [-0.15, -0.1) is 0 Å². The molecule has 9 aromatic carbocycles. The molecule has 0 spiro atoms. The normalized spacial score (nSPS) is 12.8. The smallest absolute Gasteiger partial charge is 0.256 e. The van der Waals surface area contributed by atoms with Gasteiger partial charge in [0, 0.05) is 50.4 Å². The lowest BCUT2D eigenvalue weighted by molar-refractivity contribution is 0.487. The number of benzene rings is 9. The first kappa shape index (κ1) is 32.3. The molecule has 2 aliphatic heterocycles. The second-order valence-electron chi connectivity index (χ2n) is 15.7. The fraction of sp³-hybridized carbons (Fsp3) is 0. The summed E-state index contributed by atoms with van der Waals surface area (Å²) >= 11 is 0. The van der Waals surface area contributed by atoms with Gasteiger partial charge in [-0.1, -0.05) is 121 Å². The zero-order chi connectivity index (χ0) is 38.6. The molecule has 0 aliphatic carbocycles. The Morgan fingerprint density at radius 2 is 0.864 bits per heavy atom. The van der Waals surface area contributed by atoms with Gasteiger partial charge in [-0.2, -0.15) is 0 Å². The van der Waals surface area contributed by atoms with Crippen molar-refractivity contribution in [3.8, 4) is 34.0 Å². The van der Waals surface area contributed by atoms with Crippen LogP contribution in [0.2, 0.25) is 0 Å². The highest BCUT2D eigenvalue weighted by atomic mass is 16.5. The zero-order valence-corrected chi connectivity index (χ0v) is 32.0. The Labute approximate surface area is 341 Å². The Bertz CT molecular complexity index is 3490. The SMILES string of the molecule is c1ccc(N2c3ccccc3B3c4ccccc4Oc4cc(-n5c6ccccc6c6cc(-c7ccc8c(c7)c7ccccc7n8-c7ccccc7)ccc65)cc2c43)cc1. The Balaban J connectivity index is 1.02. The van der Waals surface area contributed by atoms with Crippen LogP contribution in [-0.2, 0) is 0 Å². The number of fused-ring (bicyclic) bond motifs is 10. The Morgan fingerprint density at radius 3 is 1.54 bits per heavy atom. The highest BCUT2D eigenvalue weighted by molar-refractivity contribution is 6.99. The van der Waals surface area contributed by atoms with Crippen molar-refractivity contribution in [2.45, 2.75) is 0 Å². The van der Waals surface area contributed by atoms with Crippen molar-refractivity contribution < 1.29 is 4.74 Å². The first-order valence-corrected chi connectivity index (χ1v) is 20.3. The Kier molecular flexibility index (Phi) is 6.78. The Morgan fingerprint density at radius 1 is 0.339 bits per heavy atom. The van der Waals surface area contributed by atoms with Gasteiger partial charge in [0.15, 0.2) is 0 Å². The number of rotatable bonds is 4. The van der Waals surface area contributed by atoms with Crippen molar-refractivity contribution in [1.82, 2.24) is 9.13 Å². The molecule has 2 aliphatic rings. The molecular formula is C54H34BN3O. The van der Waals surface area contributed by atoms with Crippen molar-refractivity contribution in [1.29, 1.82) is 0 Å².